The van der Waals surface area contributed by atoms with Gasteiger partial charge >= 0.3 is 0 Å². The molecule has 3 aromatic rings. The van der Waals surface area contributed by atoms with Gasteiger partial charge in [0.1, 0.15) is 10.8 Å². The molecule has 0 unspecified atom stereocenters. The first-order valence-corrected chi connectivity index (χ1v) is 7.75. The highest BCUT2D eigenvalue weighted by Crippen LogP contribution is 2.24. The second-order valence-electron chi connectivity index (χ2n) is 5.44. The second kappa shape index (κ2) is 6.79. The maximum atomic E-state index is 6.15. The van der Waals surface area contributed by atoms with Gasteiger partial charge in [0.25, 0.3) is 0 Å². The average molecular weight is 345 g/mol. The summed E-state index contributed by atoms with van der Waals surface area (Å²) < 4.78 is 0. The van der Waals surface area contributed by atoms with Crippen LogP contribution in [0.5, 0.6) is 0 Å². The lowest BCUT2D eigenvalue weighted by molar-refractivity contribution is 0.773. The monoisotopic (exact) mass is 344 g/mol. The lowest BCUT2D eigenvalue weighted by Crippen LogP contribution is -2.13. The number of nitrogens with zero attached hydrogens (tertiary/aromatic N) is 5. The van der Waals surface area contributed by atoms with E-state index < -0.39 is 0 Å². The summed E-state index contributed by atoms with van der Waals surface area (Å²) in [6, 6.07) is 1.71. The molecule has 0 saturated heterocycles. The molecule has 0 aromatic carbocycles. The molecule has 0 amide bonds. The predicted octanol–water partition coefficient (Wildman–Crippen LogP) is 3.18. The standard InChI is InChI=1S/C15H17ClN8/c1-8-5-17-13(18-6-8)10(3)20-15-19-7-11(16)14(22-15)21-12-4-9(2)23-24-12/h4-7,10H,1-3H3,(H3,19,20,21,22,23,24)/t10-/m0/s1. The number of hydrogen-bond donors (Lipinski definition) is 3. The van der Waals surface area contributed by atoms with Crippen molar-refractivity contribution in [1.82, 2.24) is 30.1 Å². The minimum absolute atomic E-state index is 0.146. The van der Waals surface area contributed by atoms with Gasteiger partial charge in [-0.15, -0.1) is 0 Å². The van der Waals surface area contributed by atoms with Gasteiger partial charge in [0.2, 0.25) is 5.95 Å². The molecular weight excluding hydrogens is 328 g/mol. The maximum absolute atomic E-state index is 6.15. The molecule has 0 radical (unpaired) electrons. The van der Waals surface area contributed by atoms with Gasteiger partial charge in [-0.05, 0) is 26.3 Å². The summed E-state index contributed by atoms with van der Waals surface area (Å²) >= 11 is 6.15. The van der Waals surface area contributed by atoms with Crippen molar-refractivity contribution in [2.75, 3.05) is 10.6 Å². The van der Waals surface area contributed by atoms with Crippen LogP contribution in [0.2, 0.25) is 5.02 Å². The van der Waals surface area contributed by atoms with E-state index in [1.165, 1.54) is 6.20 Å². The fourth-order valence-corrected chi connectivity index (χ4v) is 2.15. The molecule has 0 spiro atoms. The molecule has 124 valence electrons. The number of aryl methyl sites for hydroxylation is 2. The normalized spacial score (nSPS) is 12.0. The van der Waals surface area contributed by atoms with Gasteiger partial charge in [-0.3, -0.25) is 5.10 Å². The van der Waals surface area contributed by atoms with E-state index in [4.69, 9.17) is 11.6 Å². The van der Waals surface area contributed by atoms with Crippen LogP contribution in [-0.2, 0) is 0 Å². The summed E-state index contributed by atoms with van der Waals surface area (Å²) in [7, 11) is 0. The molecule has 3 N–H and O–H groups in total. The van der Waals surface area contributed by atoms with Crippen LogP contribution in [0, 0.1) is 13.8 Å². The Labute approximate surface area is 144 Å². The summed E-state index contributed by atoms with van der Waals surface area (Å²) in [5.41, 5.74) is 1.95. The number of aromatic amines is 1. The minimum atomic E-state index is -0.146. The van der Waals surface area contributed by atoms with Crippen LogP contribution in [0.15, 0.2) is 24.7 Å². The van der Waals surface area contributed by atoms with E-state index in [1.807, 2.05) is 26.8 Å². The van der Waals surface area contributed by atoms with Crippen LogP contribution < -0.4 is 10.6 Å². The van der Waals surface area contributed by atoms with Crippen molar-refractivity contribution in [2.24, 2.45) is 0 Å². The van der Waals surface area contributed by atoms with E-state index in [0.29, 0.717) is 28.4 Å². The number of anilines is 3. The maximum Gasteiger partial charge on any atom is 0.225 e. The third kappa shape index (κ3) is 3.77. The first kappa shape index (κ1) is 16.1. The SMILES string of the molecule is Cc1cnc([C@H](C)Nc2ncc(Cl)c(Nc3cc(C)[nH]n3)n2)nc1. The summed E-state index contributed by atoms with van der Waals surface area (Å²) in [5, 5.41) is 13.6. The Balaban J connectivity index is 1.76. The fourth-order valence-electron chi connectivity index (χ4n) is 2.01. The van der Waals surface area contributed by atoms with Crippen LogP contribution in [0.3, 0.4) is 0 Å². The van der Waals surface area contributed by atoms with E-state index in [-0.39, 0.29) is 6.04 Å². The minimum Gasteiger partial charge on any atom is -0.344 e. The third-order valence-electron chi connectivity index (χ3n) is 3.23. The molecule has 1 atom stereocenters. The van der Waals surface area contributed by atoms with E-state index in [1.54, 1.807) is 12.4 Å². The van der Waals surface area contributed by atoms with Crippen molar-refractivity contribution < 1.29 is 0 Å². The number of nitrogens with one attached hydrogen (secondary N) is 3. The van der Waals surface area contributed by atoms with Crippen LogP contribution in [0.25, 0.3) is 0 Å². The van der Waals surface area contributed by atoms with Crippen LogP contribution >= 0.6 is 11.6 Å². The molecule has 0 saturated carbocycles. The smallest absolute Gasteiger partial charge is 0.225 e. The fraction of sp³-hybridized carbons (Fsp3) is 0.267. The molecule has 0 aliphatic carbocycles. The largest absolute Gasteiger partial charge is 0.344 e. The first-order valence-electron chi connectivity index (χ1n) is 7.38. The zero-order valence-corrected chi connectivity index (χ0v) is 14.3. The van der Waals surface area contributed by atoms with Crippen molar-refractivity contribution in [3.05, 3.63) is 46.8 Å². The van der Waals surface area contributed by atoms with Gasteiger partial charge in [-0.25, -0.2) is 15.0 Å². The van der Waals surface area contributed by atoms with Crippen molar-refractivity contribution in [3.63, 3.8) is 0 Å². The molecule has 24 heavy (non-hydrogen) atoms. The predicted molar refractivity (Wildman–Crippen MR) is 92.5 cm³/mol. The van der Waals surface area contributed by atoms with Gasteiger partial charge in [-0.1, -0.05) is 11.6 Å². The van der Waals surface area contributed by atoms with Crippen molar-refractivity contribution in [2.45, 2.75) is 26.8 Å². The molecule has 0 aliphatic heterocycles. The summed E-state index contributed by atoms with van der Waals surface area (Å²) in [4.78, 5) is 17.2. The quantitative estimate of drug-likeness (QED) is 0.652. The Morgan fingerprint density at radius 2 is 1.88 bits per heavy atom. The highest BCUT2D eigenvalue weighted by Gasteiger charge is 2.12. The van der Waals surface area contributed by atoms with Crippen LogP contribution in [0.1, 0.15) is 30.0 Å². The van der Waals surface area contributed by atoms with Crippen molar-refractivity contribution >= 4 is 29.2 Å². The zero-order valence-electron chi connectivity index (χ0n) is 13.5. The molecule has 0 bridgehead atoms. The Morgan fingerprint density at radius 3 is 2.54 bits per heavy atom. The first-order chi connectivity index (χ1) is 11.5. The lowest BCUT2D eigenvalue weighted by Gasteiger charge is -2.13. The summed E-state index contributed by atoms with van der Waals surface area (Å²) in [6.07, 6.45) is 5.08. The Kier molecular flexibility index (Phi) is 4.57. The molecule has 3 aromatic heterocycles. The van der Waals surface area contributed by atoms with Gasteiger partial charge in [0, 0.05) is 24.2 Å². The second-order valence-corrected chi connectivity index (χ2v) is 5.84. The van der Waals surface area contributed by atoms with Gasteiger partial charge in [0.15, 0.2) is 11.6 Å². The van der Waals surface area contributed by atoms with E-state index in [0.717, 1.165) is 11.3 Å². The summed E-state index contributed by atoms with van der Waals surface area (Å²) in [6.45, 7) is 5.79. The Hall–Kier alpha value is -2.74. The highest BCUT2D eigenvalue weighted by molar-refractivity contribution is 6.32. The van der Waals surface area contributed by atoms with E-state index in [2.05, 4.69) is 40.8 Å². The van der Waals surface area contributed by atoms with Gasteiger partial charge in [0.05, 0.1) is 12.2 Å². The van der Waals surface area contributed by atoms with Crippen molar-refractivity contribution in [3.8, 4) is 0 Å². The van der Waals surface area contributed by atoms with Crippen LogP contribution in [0.4, 0.5) is 17.6 Å². The Morgan fingerprint density at radius 1 is 1.12 bits per heavy atom. The van der Waals surface area contributed by atoms with Gasteiger partial charge < -0.3 is 10.6 Å². The number of H-pyrrole nitrogens is 1. The molecule has 0 fully saturated rings. The number of hydrogen-bond acceptors (Lipinski definition) is 7. The zero-order chi connectivity index (χ0) is 17.1. The molecule has 3 rings (SSSR count). The van der Waals surface area contributed by atoms with Crippen molar-refractivity contribution in [1.29, 1.82) is 0 Å². The van der Waals surface area contributed by atoms with E-state index in [9.17, 15) is 0 Å². The van der Waals surface area contributed by atoms with Gasteiger partial charge in [-0.2, -0.15) is 10.1 Å². The topological polar surface area (TPSA) is 104 Å². The van der Waals surface area contributed by atoms with E-state index >= 15 is 0 Å². The molecule has 0 aliphatic rings. The molecule has 3 heterocycles. The third-order valence-corrected chi connectivity index (χ3v) is 3.51. The number of halogens is 1. The summed E-state index contributed by atoms with van der Waals surface area (Å²) in [5.74, 6) is 2.19. The Bertz CT molecular complexity index is 830. The highest BCUT2D eigenvalue weighted by atomic mass is 35.5. The molecule has 8 nitrogen and oxygen atoms in total. The average Bonchev–Trinajstić information content (AvgIpc) is 2.96. The molecule has 9 heteroatoms. The number of aromatic nitrogens is 6. The number of rotatable bonds is 5. The van der Waals surface area contributed by atoms with Crippen LogP contribution in [-0.4, -0.2) is 30.1 Å². The lowest BCUT2D eigenvalue weighted by atomic mass is 10.3. The molecular formula is C15H17ClN8.